The van der Waals surface area contributed by atoms with Gasteiger partial charge in [-0.1, -0.05) is 97.3 Å². The molecule has 0 rings (SSSR count). The second-order valence-corrected chi connectivity index (χ2v) is 7.79. The molecular weight excluding hydrogens is 308 g/mol. The molecule has 0 radical (unpaired) electrons. The van der Waals surface area contributed by atoms with Gasteiger partial charge >= 0.3 is 0 Å². The van der Waals surface area contributed by atoms with Gasteiger partial charge in [-0.3, -0.25) is 5.32 Å². The van der Waals surface area contributed by atoms with Gasteiger partial charge in [0.25, 0.3) is 0 Å². The van der Waals surface area contributed by atoms with Gasteiger partial charge in [0.1, 0.15) is 6.23 Å². The van der Waals surface area contributed by atoms with Crippen molar-refractivity contribution in [3.63, 3.8) is 0 Å². The van der Waals surface area contributed by atoms with Gasteiger partial charge in [-0.15, -0.1) is 0 Å². The maximum absolute atomic E-state index is 9.52. The van der Waals surface area contributed by atoms with Crippen LogP contribution in [0.15, 0.2) is 0 Å². The lowest BCUT2D eigenvalue weighted by molar-refractivity contribution is 0.120. The Kier molecular flexibility index (Phi) is 20.1. The van der Waals surface area contributed by atoms with Crippen molar-refractivity contribution in [2.75, 3.05) is 13.1 Å². The van der Waals surface area contributed by atoms with E-state index in [4.69, 9.17) is 0 Å². The van der Waals surface area contributed by atoms with Gasteiger partial charge < -0.3 is 10.4 Å². The molecule has 3 heteroatoms. The topological polar surface area (TPSA) is 44.3 Å². The van der Waals surface area contributed by atoms with Crippen molar-refractivity contribution in [3.8, 4) is 0 Å². The van der Waals surface area contributed by atoms with Gasteiger partial charge in [-0.25, -0.2) is 0 Å². The number of unbranched alkanes of at least 4 members (excludes halogenated alkanes) is 13. The fourth-order valence-corrected chi connectivity index (χ4v) is 3.27. The number of aliphatic hydroxyl groups is 1. The highest BCUT2D eigenvalue weighted by Gasteiger charge is 2.05. The smallest absolute Gasteiger partial charge is 0.104 e. The summed E-state index contributed by atoms with van der Waals surface area (Å²) >= 11 is 0. The maximum Gasteiger partial charge on any atom is 0.104 e. The summed E-state index contributed by atoms with van der Waals surface area (Å²) in [6.07, 6.45) is 20.2. The summed E-state index contributed by atoms with van der Waals surface area (Å²) in [6, 6.07) is 0.335. The predicted molar refractivity (Wildman–Crippen MR) is 112 cm³/mol. The minimum atomic E-state index is -0.363. The average molecular weight is 357 g/mol. The number of hydrogen-bond acceptors (Lipinski definition) is 3. The second kappa shape index (κ2) is 20.2. The second-order valence-electron chi connectivity index (χ2n) is 7.79. The largest absolute Gasteiger partial charge is 0.379 e. The Balaban J connectivity index is 3.09. The lowest BCUT2D eigenvalue weighted by atomic mass is 10.0. The molecule has 0 aliphatic carbocycles. The zero-order valence-electron chi connectivity index (χ0n) is 17.6. The standard InChI is InChI=1S/C22H48N2O/c1-4-6-7-8-9-10-11-12-13-14-15-16-17-18-19-23-20-21(3)24-22(25)5-2/h21-25H,4-20H2,1-3H3. The minimum Gasteiger partial charge on any atom is -0.379 e. The first kappa shape index (κ1) is 24.9. The van der Waals surface area contributed by atoms with E-state index in [2.05, 4.69) is 24.5 Å². The summed E-state index contributed by atoms with van der Waals surface area (Å²) < 4.78 is 0. The van der Waals surface area contributed by atoms with E-state index in [0.717, 1.165) is 19.5 Å². The molecule has 0 aromatic heterocycles. The molecule has 0 aliphatic heterocycles. The lowest BCUT2D eigenvalue weighted by Crippen LogP contribution is -2.42. The predicted octanol–water partition coefficient (Wildman–Crippen LogP) is 5.76. The molecule has 0 saturated heterocycles. The third-order valence-electron chi connectivity index (χ3n) is 5.02. The van der Waals surface area contributed by atoms with Crippen molar-refractivity contribution in [3.05, 3.63) is 0 Å². The number of nitrogens with one attached hydrogen (secondary N) is 2. The molecule has 0 aromatic carbocycles. The van der Waals surface area contributed by atoms with E-state index >= 15 is 0 Å². The van der Waals surface area contributed by atoms with Crippen LogP contribution in [0, 0.1) is 0 Å². The SMILES string of the molecule is CCCCCCCCCCCCCCCCNCC(C)NC(O)CC. The minimum absolute atomic E-state index is 0.335. The quantitative estimate of drug-likeness (QED) is 0.192. The zero-order valence-corrected chi connectivity index (χ0v) is 17.6. The van der Waals surface area contributed by atoms with Crippen LogP contribution in [-0.2, 0) is 0 Å². The van der Waals surface area contributed by atoms with Crippen LogP contribution in [0.3, 0.4) is 0 Å². The van der Waals surface area contributed by atoms with Crippen molar-refractivity contribution in [2.45, 2.75) is 129 Å². The average Bonchev–Trinajstić information content (AvgIpc) is 2.61. The van der Waals surface area contributed by atoms with Crippen molar-refractivity contribution in [2.24, 2.45) is 0 Å². The Morgan fingerprint density at radius 2 is 1.12 bits per heavy atom. The van der Waals surface area contributed by atoms with Gasteiger partial charge in [0.15, 0.2) is 0 Å². The molecule has 0 spiro atoms. The third-order valence-corrected chi connectivity index (χ3v) is 5.02. The molecule has 0 aliphatic rings. The van der Waals surface area contributed by atoms with Gasteiger partial charge in [-0.2, -0.15) is 0 Å². The van der Waals surface area contributed by atoms with Gasteiger partial charge in [-0.05, 0) is 26.3 Å². The molecule has 0 heterocycles. The van der Waals surface area contributed by atoms with Crippen LogP contribution >= 0.6 is 0 Å². The summed E-state index contributed by atoms with van der Waals surface area (Å²) in [5.41, 5.74) is 0. The van der Waals surface area contributed by atoms with E-state index < -0.39 is 0 Å². The van der Waals surface area contributed by atoms with Crippen molar-refractivity contribution >= 4 is 0 Å². The summed E-state index contributed by atoms with van der Waals surface area (Å²) in [5.74, 6) is 0. The molecule has 0 fully saturated rings. The number of aliphatic hydroxyl groups excluding tert-OH is 1. The molecule has 0 amide bonds. The molecule has 0 aromatic rings. The van der Waals surface area contributed by atoms with Crippen molar-refractivity contribution in [1.29, 1.82) is 0 Å². The monoisotopic (exact) mass is 356 g/mol. The number of rotatable bonds is 20. The highest BCUT2D eigenvalue weighted by molar-refractivity contribution is 4.65. The summed E-state index contributed by atoms with van der Waals surface area (Å²) in [7, 11) is 0. The molecule has 2 unspecified atom stereocenters. The fourth-order valence-electron chi connectivity index (χ4n) is 3.27. The Hall–Kier alpha value is -0.120. The number of hydrogen-bond donors (Lipinski definition) is 3. The van der Waals surface area contributed by atoms with E-state index in [1.165, 1.54) is 89.9 Å². The van der Waals surface area contributed by atoms with Gasteiger partial charge in [0.05, 0.1) is 0 Å². The molecule has 0 bridgehead atoms. The van der Waals surface area contributed by atoms with E-state index in [1.54, 1.807) is 0 Å². The summed E-state index contributed by atoms with van der Waals surface area (Å²) in [5, 5.41) is 16.2. The van der Waals surface area contributed by atoms with Crippen LogP contribution in [0.25, 0.3) is 0 Å². The first-order valence-corrected chi connectivity index (χ1v) is 11.4. The van der Waals surface area contributed by atoms with Gasteiger partial charge in [0.2, 0.25) is 0 Å². The fraction of sp³-hybridized carbons (Fsp3) is 1.00. The molecular formula is C22H48N2O. The Morgan fingerprint density at radius 3 is 1.56 bits per heavy atom. The molecule has 3 nitrogen and oxygen atoms in total. The highest BCUT2D eigenvalue weighted by atomic mass is 16.3. The van der Waals surface area contributed by atoms with Crippen LogP contribution in [0.2, 0.25) is 0 Å². The summed E-state index contributed by atoms with van der Waals surface area (Å²) in [6.45, 7) is 8.44. The molecule has 2 atom stereocenters. The van der Waals surface area contributed by atoms with Crippen LogP contribution in [0.4, 0.5) is 0 Å². The first-order valence-electron chi connectivity index (χ1n) is 11.4. The zero-order chi connectivity index (χ0) is 18.6. The normalized spacial score (nSPS) is 13.9. The van der Waals surface area contributed by atoms with Crippen molar-refractivity contribution < 1.29 is 5.11 Å². The maximum atomic E-state index is 9.52. The molecule has 25 heavy (non-hydrogen) atoms. The van der Waals surface area contributed by atoms with Crippen LogP contribution < -0.4 is 10.6 Å². The van der Waals surface area contributed by atoms with Crippen LogP contribution in [0.5, 0.6) is 0 Å². The van der Waals surface area contributed by atoms with E-state index in [9.17, 15) is 5.11 Å². The summed E-state index contributed by atoms with van der Waals surface area (Å²) in [4.78, 5) is 0. The van der Waals surface area contributed by atoms with E-state index in [-0.39, 0.29) is 6.23 Å². The Labute approximate surface area is 158 Å². The third kappa shape index (κ3) is 20.0. The molecule has 152 valence electrons. The van der Waals surface area contributed by atoms with E-state index in [1.807, 2.05) is 6.92 Å². The van der Waals surface area contributed by atoms with Crippen LogP contribution in [0.1, 0.15) is 117 Å². The molecule has 3 N–H and O–H groups in total. The van der Waals surface area contributed by atoms with Gasteiger partial charge in [0, 0.05) is 12.6 Å². The van der Waals surface area contributed by atoms with Crippen LogP contribution in [-0.4, -0.2) is 30.5 Å². The van der Waals surface area contributed by atoms with E-state index in [0.29, 0.717) is 6.04 Å². The molecule has 0 saturated carbocycles. The van der Waals surface area contributed by atoms with Crippen molar-refractivity contribution in [1.82, 2.24) is 10.6 Å². The Morgan fingerprint density at radius 1 is 0.680 bits per heavy atom. The first-order chi connectivity index (χ1) is 12.2. The highest BCUT2D eigenvalue weighted by Crippen LogP contribution is 2.12. The lowest BCUT2D eigenvalue weighted by Gasteiger charge is -2.18. The Bertz CT molecular complexity index is 248.